The number of nitrogens with one attached hydrogen (secondary N) is 1. The van der Waals surface area contributed by atoms with Gasteiger partial charge in [-0.05, 0) is 72.2 Å². The van der Waals surface area contributed by atoms with Crippen LogP contribution >= 0.6 is 11.8 Å². The highest BCUT2D eigenvalue weighted by atomic mass is 32.2. The van der Waals surface area contributed by atoms with Gasteiger partial charge in [0.2, 0.25) is 0 Å². The molecule has 4 aromatic rings. The minimum absolute atomic E-state index is 0.308. The lowest BCUT2D eigenvalue weighted by Crippen LogP contribution is -2.40. The van der Waals surface area contributed by atoms with Crippen LogP contribution < -0.4 is 15.0 Å². The molecule has 1 atom stereocenters. The summed E-state index contributed by atoms with van der Waals surface area (Å²) in [4.78, 5) is 23.9. The number of hydrogen-bond donors (Lipinski definition) is 1. The first kappa shape index (κ1) is 32.1. The molecule has 1 aliphatic heterocycles. The Kier molecular flexibility index (Phi) is 9.81. The number of nitrogens with zero attached hydrogens (tertiary/aromatic N) is 5. The van der Waals surface area contributed by atoms with Crippen LogP contribution in [0.1, 0.15) is 43.4 Å². The molecule has 0 spiro atoms. The smallest absolute Gasteiger partial charge is 0.406 e. The molecule has 3 aromatic carbocycles. The minimum Gasteiger partial charge on any atom is -0.406 e. The molecule has 0 saturated carbocycles. The van der Waals surface area contributed by atoms with Gasteiger partial charge < -0.3 is 15.0 Å². The van der Waals surface area contributed by atoms with Gasteiger partial charge in [-0.15, -0.1) is 18.3 Å². The number of anilines is 1. The SMILES string of the molecule is Cc1ccc(C(C)C)c(N2CC(C)CS/C2=N\C(=O)NCCc2ccc(-c3ncn(-c4ccc(OC(F)(F)F)cc4)n3)cc2)c1. The van der Waals surface area contributed by atoms with Crippen molar-refractivity contribution in [3.63, 3.8) is 0 Å². The maximum absolute atomic E-state index is 12.9. The van der Waals surface area contributed by atoms with E-state index in [1.165, 1.54) is 46.4 Å². The molecular weight excluding hydrogens is 601 g/mol. The van der Waals surface area contributed by atoms with Crippen LogP contribution in [0.2, 0.25) is 0 Å². The standard InChI is InChI=1S/C33H35F3N6O2S/c1-21(2)28-14-5-22(3)17-29(28)41-18-23(4)19-45-32(41)39-31(43)37-16-15-24-6-8-25(9-7-24)30-38-20-42(40-30)26-10-12-27(13-11-26)44-33(34,35)36/h5-14,17,20-21,23H,15-16,18-19H2,1-4H3,(H,37,43)/b39-32-. The van der Waals surface area contributed by atoms with E-state index in [0.29, 0.717) is 36.3 Å². The molecule has 1 unspecified atom stereocenters. The number of aryl methyl sites for hydroxylation is 1. The predicted octanol–water partition coefficient (Wildman–Crippen LogP) is 7.76. The van der Waals surface area contributed by atoms with Crippen LogP contribution in [-0.4, -0.2) is 51.2 Å². The molecular formula is C33H35F3N6O2S. The molecule has 236 valence electrons. The summed E-state index contributed by atoms with van der Waals surface area (Å²) in [6.45, 7) is 9.89. The summed E-state index contributed by atoms with van der Waals surface area (Å²) >= 11 is 1.62. The van der Waals surface area contributed by atoms with Crippen LogP contribution in [0.3, 0.4) is 0 Å². The van der Waals surface area contributed by atoms with Crippen molar-refractivity contribution in [2.24, 2.45) is 10.9 Å². The number of ether oxygens (including phenoxy) is 1. The van der Waals surface area contributed by atoms with Gasteiger partial charge in [0.05, 0.1) is 5.69 Å². The van der Waals surface area contributed by atoms with E-state index in [1.807, 2.05) is 24.3 Å². The van der Waals surface area contributed by atoms with Gasteiger partial charge in [-0.1, -0.05) is 68.9 Å². The van der Waals surface area contributed by atoms with Crippen molar-refractivity contribution in [2.75, 3.05) is 23.7 Å². The molecule has 2 heterocycles. The van der Waals surface area contributed by atoms with E-state index in [4.69, 9.17) is 0 Å². The number of carbonyl (C=O) groups is 1. The number of benzene rings is 3. The molecule has 1 aromatic heterocycles. The lowest BCUT2D eigenvalue weighted by atomic mass is 9.98. The first-order valence-corrected chi connectivity index (χ1v) is 15.7. The number of rotatable bonds is 8. The van der Waals surface area contributed by atoms with Crippen LogP contribution in [0.5, 0.6) is 5.75 Å². The molecule has 2 amide bonds. The maximum Gasteiger partial charge on any atom is 0.573 e. The van der Waals surface area contributed by atoms with Crippen LogP contribution in [0, 0.1) is 12.8 Å². The van der Waals surface area contributed by atoms with Crippen molar-refractivity contribution in [2.45, 2.75) is 46.4 Å². The van der Waals surface area contributed by atoms with Gasteiger partial charge in [-0.3, -0.25) is 0 Å². The van der Waals surface area contributed by atoms with E-state index in [-0.39, 0.29) is 11.8 Å². The minimum atomic E-state index is -4.75. The van der Waals surface area contributed by atoms with Crippen molar-refractivity contribution in [1.29, 1.82) is 0 Å². The third-order valence-corrected chi connectivity index (χ3v) is 8.55. The number of alkyl halides is 3. The van der Waals surface area contributed by atoms with Gasteiger partial charge in [-0.2, -0.15) is 4.99 Å². The highest BCUT2D eigenvalue weighted by Crippen LogP contribution is 2.34. The van der Waals surface area contributed by atoms with E-state index in [2.05, 4.69) is 75.9 Å². The summed E-state index contributed by atoms with van der Waals surface area (Å²) in [6, 6.07) is 19.2. The number of carbonyl (C=O) groups excluding carboxylic acids is 1. The summed E-state index contributed by atoms with van der Waals surface area (Å²) in [5.41, 5.74) is 5.87. The van der Waals surface area contributed by atoms with Crippen molar-refractivity contribution >= 4 is 28.6 Å². The van der Waals surface area contributed by atoms with E-state index in [0.717, 1.165) is 34.3 Å². The Morgan fingerprint density at radius 2 is 1.84 bits per heavy atom. The molecule has 5 rings (SSSR count). The quantitative estimate of drug-likeness (QED) is 0.213. The highest BCUT2D eigenvalue weighted by molar-refractivity contribution is 8.14. The summed E-state index contributed by atoms with van der Waals surface area (Å²) in [7, 11) is 0. The Morgan fingerprint density at radius 3 is 2.53 bits per heavy atom. The van der Waals surface area contributed by atoms with Gasteiger partial charge in [0.25, 0.3) is 0 Å². The fourth-order valence-electron chi connectivity index (χ4n) is 4.99. The van der Waals surface area contributed by atoms with E-state index in [1.54, 1.807) is 11.8 Å². The highest BCUT2D eigenvalue weighted by Gasteiger charge is 2.31. The molecule has 12 heteroatoms. The van der Waals surface area contributed by atoms with Gasteiger partial charge in [0, 0.05) is 30.1 Å². The molecule has 8 nitrogen and oxygen atoms in total. The lowest BCUT2D eigenvalue weighted by molar-refractivity contribution is -0.274. The van der Waals surface area contributed by atoms with Gasteiger partial charge in [0.1, 0.15) is 12.1 Å². The zero-order chi connectivity index (χ0) is 32.1. The number of urea groups is 1. The van der Waals surface area contributed by atoms with Crippen molar-refractivity contribution in [3.05, 3.63) is 89.7 Å². The Balaban J connectivity index is 1.18. The average molecular weight is 637 g/mol. The van der Waals surface area contributed by atoms with Crippen molar-refractivity contribution in [3.8, 4) is 22.8 Å². The predicted molar refractivity (Wildman–Crippen MR) is 172 cm³/mol. The molecule has 0 bridgehead atoms. The Bertz CT molecular complexity index is 1650. The van der Waals surface area contributed by atoms with Gasteiger partial charge >= 0.3 is 12.4 Å². The maximum atomic E-state index is 12.9. The van der Waals surface area contributed by atoms with Crippen LogP contribution in [0.25, 0.3) is 17.1 Å². The number of amidine groups is 1. The lowest BCUT2D eigenvalue weighted by Gasteiger charge is -2.35. The monoisotopic (exact) mass is 636 g/mol. The van der Waals surface area contributed by atoms with Crippen LogP contribution in [0.15, 0.2) is 78.0 Å². The molecule has 0 aliphatic carbocycles. The second-order valence-corrected chi connectivity index (χ2v) is 12.4. The summed E-state index contributed by atoms with van der Waals surface area (Å²) in [5, 5.41) is 8.09. The molecule has 1 N–H and O–H groups in total. The number of halogens is 3. The fourth-order valence-corrected chi connectivity index (χ4v) is 6.00. The number of aliphatic imine (C=N–C) groups is 1. The average Bonchev–Trinajstić information content (AvgIpc) is 3.48. The van der Waals surface area contributed by atoms with Gasteiger partial charge in [-0.25, -0.2) is 14.5 Å². The van der Waals surface area contributed by atoms with E-state index >= 15 is 0 Å². The zero-order valence-corrected chi connectivity index (χ0v) is 26.3. The summed E-state index contributed by atoms with van der Waals surface area (Å²) in [5.74, 6) is 1.89. The Hall–Kier alpha value is -4.32. The van der Waals surface area contributed by atoms with E-state index < -0.39 is 6.36 Å². The number of hydrogen-bond acceptors (Lipinski definition) is 5. The van der Waals surface area contributed by atoms with Crippen molar-refractivity contribution < 1.29 is 22.7 Å². The third kappa shape index (κ3) is 8.44. The Labute approximate surface area is 264 Å². The number of thioether (sulfide) groups is 1. The van der Waals surface area contributed by atoms with Gasteiger partial charge in [0.15, 0.2) is 11.0 Å². The van der Waals surface area contributed by atoms with Crippen LogP contribution in [0.4, 0.5) is 23.7 Å². The number of amides is 2. The first-order valence-electron chi connectivity index (χ1n) is 14.7. The molecule has 45 heavy (non-hydrogen) atoms. The normalized spacial score (nSPS) is 16.3. The second-order valence-electron chi connectivity index (χ2n) is 11.4. The third-order valence-electron chi connectivity index (χ3n) is 7.25. The van der Waals surface area contributed by atoms with E-state index in [9.17, 15) is 18.0 Å². The topological polar surface area (TPSA) is 84.6 Å². The Morgan fingerprint density at radius 1 is 1.11 bits per heavy atom. The zero-order valence-electron chi connectivity index (χ0n) is 25.5. The second kappa shape index (κ2) is 13.8. The molecule has 1 fully saturated rings. The first-order chi connectivity index (χ1) is 21.4. The fraction of sp³-hybridized carbons (Fsp3) is 0.333. The summed E-state index contributed by atoms with van der Waals surface area (Å²) < 4.78 is 42.6. The largest absolute Gasteiger partial charge is 0.573 e. The number of aromatic nitrogens is 3. The van der Waals surface area contributed by atoms with Crippen LogP contribution in [-0.2, 0) is 6.42 Å². The summed E-state index contributed by atoms with van der Waals surface area (Å²) in [6.07, 6.45) is -2.63. The molecule has 1 aliphatic rings. The van der Waals surface area contributed by atoms with Crippen molar-refractivity contribution in [1.82, 2.24) is 20.1 Å². The molecule has 1 saturated heterocycles. The molecule has 0 radical (unpaired) electrons.